The van der Waals surface area contributed by atoms with Crippen LogP contribution in [-0.2, 0) is 0 Å². The zero-order valence-electron chi connectivity index (χ0n) is 28.7. The molecule has 11 rings (SSSR count). The molecular formula is C50H31NOS. The molecule has 0 aliphatic rings. The maximum Gasteiger partial charge on any atom is 0.135 e. The highest BCUT2D eigenvalue weighted by atomic mass is 32.1. The van der Waals surface area contributed by atoms with E-state index in [1.54, 1.807) is 0 Å². The summed E-state index contributed by atoms with van der Waals surface area (Å²) in [7, 11) is 0. The quantitative estimate of drug-likeness (QED) is 0.167. The molecule has 0 aliphatic heterocycles. The van der Waals surface area contributed by atoms with Crippen LogP contribution in [0.25, 0.3) is 85.9 Å². The number of nitrogens with zero attached hydrogens (tertiary/aromatic N) is 1. The summed E-state index contributed by atoms with van der Waals surface area (Å²) in [5.74, 6) is 0. The molecule has 2 aromatic heterocycles. The van der Waals surface area contributed by atoms with Gasteiger partial charge in [0.25, 0.3) is 0 Å². The summed E-state index contributed by atoms with van der Waals surface area (Å²) in [6, 6.07) is 68.0. The Labute approximate surface area is 310 Å². The van der Waals surface area contributed by atoms with Gasteiger partial charge < -0.3 is 9.32 Å². The van der Waals surface area contributed by atoms with Crippen molar-refractivity contribution in [3.05, 3.63) is 188 Å². The second-order valence-electron chi connectivity index (χ2n) is 13.7. The number of rotatable bonds is 5. The van der Waals surface area contributed by atoms with E-state index < -0.39 is 0 Å². The molecule has 2 heterocycles. The number of fused-ring (bicyclic) bond motifs is 9. The largest absolute Gasteiger partial charge is 0.456 e. The van der Waals surface area contributed by atoms with Crippen molar-refractivity contribution in [2.75, 3.05) is 4.90 Å². The van der Waals surface area contributed by atoms with Crippen molar-refractivity contribution in [1.29, 1.82) is 0 Å². The minimum atomic E-state index is 0.891. The van der Waals surface area contributed by atoms with Crippen molar-refractivity contribution >= 4 is 92.1 Å². The van der Waals surface area contributed by atoms with E-state index in [9.17, 15) is 0 Å². The molecule has 3 heteroatoms. The fourth-order valence-electron chi connectivity index (χ4n) is 8.10. The standard InChI is InChI=1S/C50H31NOS/c1-2-10-33(11-3-1)41-15-8-16-43-44-17-9-18-46(50(44)53-49(41)43)51(38-27-29-48-45(31-38)42-14-6-7-19-47(42)52-48)37-25-22-32(23-26-37)35-24-28-40-36(30-35)21-20-34-12-4-5-13-39(34)40/h1-31H. The minimum absolute atomic E-state index is 0.891. The lowest BCUT2D eigenvalue weighted by Crippen LogP contribution is -2.10. The fourth-order valence-corrected chi connectivity index (χ4v) is 9.44. The van der Waals surface area contributed by atoms with E-state index in [4.69, 9.17) is 4.42 Å². The first-order chi connectivity index (χ1) is 26.3. The van der Waals surface area contributed by atoms with Gasteiger partial charge in [0.1, 0.15) is 11.2 Å². The number of hydrogen-bond acceptors (Lipinski definition) is 3. The van der Waals surface area contributed by atoms with Crippen LogP contribution in [0.5, 0.6) is 0 Å². The van der Waals surface area contributed by atoms with E-state index >= 15 is 0 Å². The summed E-state index contributed by atoms with van der Waals surface area (Å²) in [6.45, 7) is 0. The van der Waals surface area contributed by atoms with Crippen LogP contribution in [-0.4, -0.2) is 0 Å². The molecule has 53 heavy (non-hydrogen) atoms. The van der Waals surface area contributed by atoms with Crippen molar-refractivity contribution in [3.8, 4) is 22.3 Å². The van der Waals surface area contributed by atoms with Gasteiger partial charge in [-0.3, -0.25) is 0 Å². The first-order valence-corrected chi connectivity index (χ1v) is 18.8. The third kappa shape index (κ3) is 4.86. The smallest absolute Gasteiger partial charge is 0.135 e. The lowest BCUT2D eigenvalue weighted by atomic mass is 9.97. The van der Waals surface area contributed by atoms with Gasteiger partial charge in [0.05, 0.1) is 10.4 Å². The van der Waals surface area contributed by atoms with Crippen LogP contribution in [0, 0.1) is 0 Å². The first-order valence-electron chi connectivity index (χ1n) is 18.0. The van der Waals surface area contributed by atoms with Gasteiger partial charge in [-0.15, -0.1) is 11.3 Å². The van der Waals surface area contributed by atoms with E-state index in [1.807, 2.05) is 23.5 Å². The zero-order chi connectivity index (χ0) is 34.9. The molecule has 0 saturated carbocycles. The average Bonchev–Trinajstić information content (AvgIpc) is 3.80. The highest BCUT2D eigenvalue weighted by Crippen LogP contribution is 2.48. The summed E-state index contributed by atoms with van der Waals surface area (Å²) in [5.41, 5.74) is 10.0. The van der Waals surface area contributed by atoms with Crippen LogP contribution < -0.4 is 4.90 Å². The van der Waals surface area contributed by atoms with Gasteiger partial charge in [-0.05, 0) is 92.3 Å². The molecule has 0 spiro atoms. The average molecular weight is 694 g/mol. The molecule has 0 amide bonds. The monoisotopic (exact) mass is 693 g/mol. The SMILES string of the molecule is c1ccc(-c2cccc3c2sc2c(N(c4ccc(-c5ccc6c(ccc7ccccc76)c5)cc4)c4ccc5oc6ccccc6c5c4)cccc23)cc1. The first kappa shape index (κ1) is 30.0. The Morgan fingerprint density at radius 2 is 1.02 bits per heavy atom. The van der Waals surface area contributed by atoms with Crippen LogP contribution >= 0.6 is 11.3 Å². The number of anilines is 3. The molecule has 0 fully saturated rings. The summed E-state index contributed by atoms with van der Waals surface area (Å²) in [5, 5.41) is 9.86. The molecule has 0 aliphatic carbocycles. The van der Waals surface area contributed by atoms with Gasteiger partial charge in [0.2, 0.25) is 0 Å². The number of para-hydroxylation sites is 1. The third-order valence-electron chi connectivity index (χ3n) is 10.7. The topological polar surface area (TPSA) is 16.4 Å². The molecule has 0 saturated heterocycles. The van der Waals surface area contributed by atoms with E-state index in [0.717, 1.165) is 39.0 Å². The Morgan fingerprint density at radius 1 is 0.358 bits per heavy atom. The second kappa shape index (κ2) is 11.9. The molecule has 2 nitrogen and oxygen atoms in total. The van der Waals surface area contributed by atoms with E-state index in [0.29, 0.717) is 0 Å². The van der Waals surface area contributed by atoms with Crippen molar-refractivity contribution < 1.29 is 4.42 Å². The highest BCUT2D eigenvalue weighted by molar-refractivity contribution is 7.27. The lowest BCUT2D eigenvalue weighted by Gasteiger charge is -2.26. The van der Waals surface area contributed by atoms with Crippen LogP contribution in [0.2, 0.25) is 0 Å². The fraction of sp³-hybridized carbons (Fsp3) is 0. The van der Waals surface area contributed by atoms with Gasteiger partial charge in [-0.1, -0.05) is 140 Å². The minimum Gasteiger partial charge on any atom is -0.456 e. The number of furan rings is 1. The molecule has 11 aromatic rings. The van der Waals surface area contributed by atoms with Gasteiger partial charge in [-0.2, -0.15) is 0 Å². The Morgan fingerprint density at radius 3 is 1.91 bits per heavy atom. The Kier molecular flexibility index (Phi) is 6.76. The van der Waals surface area contributed by atoms with Gasteiger partial charge in [-0.25, -0.2) is 0 Å². The molecule has 248 valence electrons. The zero-order valence-corrected chi connectivity index (χ0v) is 29.5. The van der Waals surface area contributed by atoms with Crippen LogP contribution in [0.4, 0.5) is 17.1 Å². The highest BCUT2D eigenvalue weighted by Gasteiger charge is 2.21. The summed E-state index contributed by atoms with van der Waals surface area (Å²) < 4.78 is 8.83. The Bertz CT molecular complexity index is 3170. The van der Waals surface area contributed by atoms with Gasteiger partial charge >= 0.3 is 0 Å². The lowest BCUT2D eigenvalue weighted by molar-refractivity contribution is 0.669. The number of benzene rings is 9. The van der Waals surface area contributed by atoms with Crippen LogP contribution in [0.3, 0.4) is 0 Å². The molecule has 0 radical (unpaired) electrons. The summed E-state index contributed by atoms with van der Waals surface area (Å²) in [4.78, 5) is 2.41. The van der Waals surface area contributed by atoms with Crippen molar-refractivity contribution in [3.63, 3.8) is 0 Å². The van der Waals surface area contributed by atoms with Crippen molar-refractivity contribution in [1.82, 2.24) is 0 Å². The molecule has 0 N–H and O–H groups in total. The summed E-state index contributed by atoms with van der Waals surface area (Å²) >= 11 is 1.88. The predicted octanol–water partition coefficient (Wildman–Crippen LogP) is 15.1. The van der Waals surface area contributed by atoms with Crippen LogP contribution in [0.15, 0.2) is 192 Å². The van der Waals surface area contributed by atoms with E-state index in [-0.39, 0.29) is 0 Å². The normalized spacial score (nSPS) is 11.8. The predicted molar refractivity (Wildman–Crippen MR) is 227 cm³/mol. The second-order valence-corrected chi connectivity index (χ2v) is 14.7. The number of hydrogen-bond donors (Lipinski definition) is 0. The molecule has 0 atom stereocenters. The molecular weight excluding hydrogens is 663 g/mol. The summed E-state index contributed by atoms with van der Waals surface area (Å²) in [6.07, 6.45) is 0. The Balaban J connectivity index is 1.09. The van der Waals surface area contributed by atoms with Crippen molar-refractivity contribution in [2.24, 2.45) is 0 Å². The maximum absolute atomic E-state index is 6.27. The number of thiophene rings is 1. The molecule has 0 unspecified atom stereocenters. The van der Waals surface area contributed by atoms with E-state index in [1.165, 1.54) is 64.0 Å². The van der Waals surface area contributed by atoms with Gasteiger partial charge in [0.15, 0.2) is 0 Å². The molecule has 9 aromatic carbocycles. The Hall–Kier alpha value is -6.68. The van der Waals surface area contributed by atoms with Gasteiger partial charge in [0, 0.05) is 37.6 Å². The van der Waals surface area contributed by atoms with Crippen molar-refractivity contribution in [2.45, 2.75) is 0 Å². The van der Waals surface area contributed by atoms with E-state index in [2.05, 4.69) is 181 Å². The molecule has 0 bridgehead atoms. The third-order valence-corrected chi connectivity index (χ3v) is 11.9. The van der Waals surface area contributed by atoms with Crippen LogP contribution in [0.1, 0.15) is 0 Å². The maximum atomic E-state index is 6.27.